The number of para-hydroxylation sites is 1. The lowest BCUT2D eigenvalue weighted by Gasteiger charge is -2.32. The smallest absolute Gasteiger partial charge is 0.137 e. The van der Waals surface area contributed by atoms with Gasteiger partial charge >= 0.3 is 0 Å². The molecule has 0 aromatic heterocycles. The van der Waals surface area contributed by atoms with E-state index in [2.05, 4.69) is 17.1 Å². The fraction of sp³-hybridized carbons (Fsp3) is 0.538. The Morgan fingerprint density at radius 1 is 1.26 bits per heavy atom. The molecule has 0 spiro atoms. The molecule has 1 aromatic carbocycles. The fourth-order valence-electron chi connectivity index (χ4n) is 2.00. The van der Waals surface area contributed by atoms with Gasteiger partial charge in [0.05, 0.1) is 5.02 Å². The molecule has 1 saturated heterocycles. The van der Waals surface area contributed by atoms with Gasteiger partial charge in [-0.1, -0.05) is 23.7 Å². The van der Waals surface area contributed by atoms with Crippen LogP contribution in [0.2, 0.25) is 5.02 Å². The molecule has 1 atom stereocenters. The van der Waals surface area contributed by atoms with Gasteiger partial charge in [-0.05, 0) is 19.1 Å². The third-order valence-electron chi connectivity index (χ3n) is 3.09. The number of rotatable bonds is 4. The maximum Gasteiger partial charge on any atom is 0.137 e. The van der Waals surface area contributed by atoms with E-state index in [1.807, 2.05) is 24.3 Å². The first kappa shape index (κ1) is 18.8. The van der Waals surface area contributed by atoms with Crippen LogP contribution in [0.3, 0.4) is 0 Å². The van der Waals surface area contributed by atoms with Crippen LogP contribution in [0.15, 0.2) is 24.3 Å². The van der Waals surface area contributed by atoms with Crippen LogP contribution in [-0.4, -0.2) is 43.7 Å². The molecular weight excluding hydrogens is 307 g/mol. The van der Waals surface area contributed by atoms with Crippen molar-refractivity contribution < 1.29 is 4.74 Å². The van der Waals surface area contributed by atoms with E-state index < -0.39 is 0 Å². The summed E-state index contributed by atoms with van der Waals surface area (Å²) < 4.78 is 5.76. The molecule has 1 aliphatic rings. The molecule has 0 amide bonds. The van der Waals surface area contributed by atoms with Crippen molar-refractivity contribution >= 4 is 36.4 Å². The molecule has 1 N–H and O–H groups in total. The standard InChI is InChI=1S/C13H19ClN2O.2ClH/c1-11(16-8-6-15-7-9-16)10-17-13-5-3-2-4-12(13)14;;/h2-5,11,15H,6-10H2,1H3;2*1H. The largest absolute Gasteiger partial charge is 0.490 e. The summed E-state index contributed by atoms with van der Waals surface area (Å²) in [6.45, 7) is 7.19. The van der Waals surface area contributed by atoms with Gasteiger partial charge in [-0.2, -0.15) is 0 Å². The van der Waals surface area contributed by atoms with Crippen LogP contribution in [0, 0.1) is 0 Å². The van der Waals surface area contributed by atoms with E-state index in [4.69, 9.17) is 16.3 Å². The number of nitrogens with zero attached hydrogens (tertiary/aromatic N) is 1. The van der Waals surface area contributed by atoms with Gasteiger partial charge in [0, 0.05) is 32.2 Å². The molecule has 1 aromatic rings. The van der Waals surface area contributed by atoms with E-state index in [0.29, 0.717) is 17.7 Å². The molecule has 1 aliphatic heterocycles. The predicted molar refractivity (Wildman–Crippen MR) is 85.3 cm³/mol. The van der Waals surface area contributed by atoms with Crippen molar-refractivity contribution in [3.05, 3.63) is 29.3 Å². The minimum atomic E-state index is 0. The first-order chi connectivity index (χ1) is 8.27. The van der Waals surface area contributed by atoms with E-state index in [9.17, 15) is 0 Å². The summed E-state index contributed by atoms with van der Waals surface area (Å²) in [6, 6.07) is 8.04. The molecule has 1 fully saturated rings. The number of benzene rings is 1. The number of hydrogen-bond acceptors (Lipinski definition) is 3. The fourth-order valence-corrected chi connectivity index (χ4v) is 2.19. The summed E-state index contributed by atoms with van der Waals surface area (Å²) >= 11 is 6.04. The van der Waals surface area contributed by atoms with Crippen LogP contribution in [0.25, 0.3) is 0 Å². The van der Waals surface area contributed by atoms with Crippen LogP contribution in [0.4, 0.5) is 0 Å². The Bertz CT molecular complexity index is 359. The topological polar surface area (TPSA) is 24.5 Å². The molecule has 6 heteroatoms. The summed E-state index contributed by atoms with van der Waals surface area (Å²) in [5.74, 6) is 0.774. The van der Waals surface area contributed by atoms with Gasteiger partial charge in [-0.3, -0.25) is 4.90 Å². The highest BCUT2D eigenvalue weighted by Gasteiger charge is 2.16. The van der Waals surface area contributed by atoms with Gasteiger partial charge in [-0.15, -0.1) is 24.8 Å². The lowest BCUT2D eigenvalue weighted by molar-refractivity contribution is 0.132. The highest BCUT2D eigenvalue weighted by atomic mass is 35.5. The molecule has 2 rings (SSSR count). The normalized spacial score (nSPS) is 16.9. The third-order valence-corrected chi connectivity index (χ3v) is 3.40. The number of hydrogen-bond donors (Lipinski definition) is 1. The SMILES string of the molecule is CC(COc1ccccc1Cl)N1CCNCC1.Cl.Cl. The minimum Gasteiger partial charge on any atom is -0.490 e. The number of nitrogens with one attached hydrogen (secondary N) is 1. The summed E-state index contributed by atoms with van der Waals surface area (Å²) in [7, 11) is 0. The molecule has 0 aliphatic carbocycles. The summed E-state index contributed by atoms with van der Waals surface area (Å²) in [6.07, 6.45) is 0. The Kier molecular flexibility index (Phi) is 9.58. The zero-order valence-electron chi connectivity index (χ0n) is 11.0. The van der Waals surface area contributed by atoms with Crippen molar-refractivity contribution in [1.29, 1.82) is 0 Å². The maximum absolute atomic E-state index is 6.04. The molecule has 0 radical (unpaired) electrons. The summed E-state index contributed by atoms with van der Waals surface area (Å²) in [5.41, 5.74) is 0. The maximum atomic E-state index is 6.04. The van der Waals surface area contributed by atoms with Gasteiger partial charge < -0.3 is 10.1 Å². The minimum absolute atomic E-state index is 0. The van der Waals surface area contributed by atoms with E-state index in [0.717, 1.165) is 31.9 Å². The first-order valence-electron chi connectivity index (χ1n) is 6.09. The Hall–Kier alpha value is -0.190. The second kappa shape index (κ2) is 9.67. The average molecular weight is 328 g/mol. The van der Waals surface area contributed by atoms with Crippen molar-refractivity contribution in [2.45, 2.75) is 13.0 Å². The molecule has 1 heterocycles. The summed E-state index contributed by atoms with van der Waals surface area (Å²) in [5, 5.41) is 4.03. The summed E-state index contributed by atoms with van der Waals surface area (Å²) in [4.78, 5) is 2.44. The van der Waals surface area contributed by atoms with Crippen molar-refractivity contribution in [3.63, 3.8) is 0 Å². The van der Waals surface area contributed by atoms with Gasteiger partial charge in [0.25, 0.3) is 0 Å². The molecule has 0 bridgehead atoms. The second-order valence-corrected chi connectivity index (χ2v) is 4.78. The van der Waals surface area contributed by atoms with Crippen molar-refractivity contribution in [3.8, 4) is 5.75 Å². The Balaban J connectivity index is 0.00000162. The van der Waals surface area contributed by atoms with Crippen LogP contribution in [-0.2, 0) is 0 Å². The second-order valence-electron chi connectivity index (χ2n) is 4.38. The Labute approximate surface area is 132 Å². The lowest BCUT2D eigenvalue weighted by atomic mass is 10.2. The van der Waals surface area contributed by atoms with Gasteiger partial charge in [0.1, 0.15) is 12.4 Å². The van der Waals surface area contributed by atoms with Crippen LogP contribution < -0.4 is 10.1 Å². The molecule has 3 nitrogen and oxygen atoms in total. The van der Waals surface area contributed by atoms with Crippen molar-refractivity contribution in [1.82, 2.24) is 10.2 Å². The van der Waals surface area contributed by atoms with Crippen LogP contribution in [0.5, 0.6) is 5.75 Å². The molecule has 0 saturated carbocycles. The zero-order chi connectivity index (χ0) is 12.1. The molecule has 1 unspecified atom stereocenters. The first-order valence-corrected chi connectivity index (χ1v) is 6.47. The lowest BCUT2D eigenvalue weighted by Crippen LogP contribution is -2.49. The predicted octanol–water partition coefficient (Wildman–Crippen LogP) is 2.86. The number of halogens is 3. The van der Waals surface area contributed by atoms with E-state index in [-0.39, 0.29) is 24.8 Å². The van der Waals surface area contributed by atoms with Gasteiger partial charge in [0.2, 0.25) is 0 Å². The van der Waals surface area contributed by atoms with Gasteiger partial charge in [-0.25, -0.2) is 0 Å². The highest BCUT2D eigenvalue weighted by molar-refractivity contribution is 6.32. The quantitative estimate of drug-likeness (QED) is 0.920. The number of ether oxygens (including phenoxy) is 1. The number of piperazine rings is 1. The van der Waals surface area contributed by atoms with E-state index in [1.54, 1.807) is 0 Å². The average Bonchev–Trinajstić information content (AvgIpc) is 2.38. The zero-order valence-corrected chi connectivity index (χ0v) is 13.4. The monoisotopic (exact) mass is 326 g/mol. The van der Waals surface area contributed by atoms with E-state index >= 15 is 0 Å². The van der Waals surface area contributed by atoms with Gasteiger partial charge in [0.15, 0.2) is 0 Å². The van der Waals surface area contributed by atoms with Crippen molar-refractivity contribution in [2.75, 3.05) is 32.8 Å². The van der Waals surface area contributed by atoms with Crippen LogP contribution in [0.1, 0.15) is 6.92 Å². The van der Waals surface area contributed by atoms with Crippen LogP contribution >= 0.6 is 36.4 Å². The molecule has 19 heavy (non-hydrogen) atoms. The Morgan fingerprint density at radius 3 is 2.53 bits per heavy atom. The Morgan fingerprint density at radius 2 is 1.89 bits per heavy atom. The molecule has 110 valence electrons. The molecular formula is C13H21Cl3N2O. The highest BCUT2D eigenvalue weighted by Crippen LogP contribution is 2.23. The van der Waals surface area contributed by atoms with E-state index in [1.165, 1.54) is 0 Å². The van der Waals surface area contributed by atoms with Crippen molar-refractivity contribution in [2.24, 2.45) is 0 Å². The third kappa shape index (κ3) is 5.76.